The van der Waals surface area contributed by atoms with Crippen molar-refractivity contribution < 1.29 is 18.7 Å². The quantitative estimate of drug-likeness (QED) is 0.268. The van der Waals surface area contributed by atoms with Crippen molar-refractivity contribution in [3.05, 3.63) is 93.9 Å². The number of hydrogen-bond acceptors (Lipinski definition) is 7. The summed E-state index contributed by atoms with van der Waals surface area (Å²) in [4.78, 5) is 19.7. The van der Waals surface area contributed by atoms with E-state index < -0.39 is 0 Å². The number of carbonyl (C=O) groups is 1. The summed E-state index contributed by atoms with van der Waals surface area (Å²) in [5.41, 5.74) is 1.76. The van der Waals surface area contributed by atoms with Gasteiger partial charge in [-0.2, -0.15) is 0 Å². The third-order valence-electron chi connectivity index (χ3n) is 7.67. The van der Waals surface area contributed by atoms with Crippen LogP contribution in [0.4, 0.5) is 0 Å². The predicted molar refractivity (Wildman–Crippen MR) is 160 cm³/mol. The van der Waals surface area contributed by atoms with E-state index in [1.54, 1.807) is 11.2 Å². The summed E-state index contributed by atoms with van der Waals surface area (Å²) in [5, 5.41) is 1.25. The molecule has 2 aliphatic heterocycles. The van der Waals surface area contributed by atoms with Crippen LogP contribution in [-0.2, 0) is 9.47 Å². The Morgan fingerprint density at radius 2 is 1.82 bits per heavy atom. The normalized spacial score (nSPS) is 19.6. The van der Waals surface area contributed by atoms with Crippen molar-refractivity contribution in [2.45, 2.75) is 24.5 Å². The van der Waals surface area contributed by atoms with Crippen LogP contribution in [0, 0.1) is 0 Å². The summed E-state index contributed by atoms with van der Waals surface area (Å²) >= 11 is 17.7. The number of nitrogens with zero attached hydrogens (tertiary/aromatic N) is 3. The summed E-state index contributed by atoms with van der Waals surface area (Å²) in [6, 6.07) is 19.0. The van der Waals surface area contributed by atoms with Gasteiger partial charge in [0, 0.05) is 63.5 Å². The van der Waals surface area contributed by atoms with Crippen LogP contribution in [0.15, 0.2) is 71.3 Å². The van der Waals surface area contributed by atoms with Crippen LogP contribution in [0.1, 0.15) is 40.1 Å². The number of ether oxygens (including phenoxy) is 2. The van der Waals surface area contributed by atoms with Crippen molar-refractivity contribution in [3.8, 4) is 0 Å². The van der Waals surface area contributed by atoms with Gasteiger partial charge in [0.15, 0.2) is 6.10 Å². The number of benzene rings is 2. The highest BCUT2D eigenvalue weighted by Crippen LogP contribution is 2.32. The van der Waals surface area contributed by atoms with Crippen LogP contribution < -0.4 is 0 Å². The highest BCUT2D eigenvalue weighted by molar-refractivity contribution is 7.79. The first-order valence-corrected chi connectivity index (χ1v) is 14.6. The number of halogens is 2. The number of thiocarbonyl (C=S) groups is 1. The minimum atomic E-state index is -0.193. The molecule has 2 fully saturated rings. The van der Waals surface area contributed by atoms with E-state index in [9.17, 15) is 4.79 Å². The third-order valence-corrected chi connectivity index (χ3v) is 8.62. The minimum absolute atomic E-state index is 0.000774. The highest BCUT2D eigenvalue weighted by Gasteiger charge is 2.39. The molecule has 2 saturated heterocycles. The van der Waals surface area contributed by atoms with Crippen molar-refractivity contribution >= 4 is 46.6 Å². The monoisotopic (exact) mass is 601 g/mol. The zero-order chi connectivity index (χ0) is 28.1. The van der Waals surface area contributed by atoms with Gasteiger partial charge in [-0.15, -0.1) is 0 Å². The second-order valence-electron chi connectivity index (χ2n) is 10.3. The Hall–Kier alpha value is -2.62. The van der Waals surface area contributed by atoms with Crippen molar-refractivity contribution in [2.75, 3.05) is 52.9 Å². The highest BCUT2D eigenvalue weighted by atomic mass is 35.5. The number of hydrogen-bond donors (Lipinski definition) is 0. The molecular weight excluding hydrogens is 569 g/mol. The van der Waals surface area contributed by atoms with Crippen LogP contribution in [0.3, 0.4) is 0 Å². The van der Waals surface area contributed by atoms with Gasteiger partial charge in [0.1, 0.15) is 18.4 Å². The molecule has 2 aliphatic rings. The Labute approximate surface area is 250 Å². The lowest BCUT2D eigenvalue weighted by molar-refractivity contribution is 0.0250. The predicted octanol–water partition coefficient (Wildman–Crippen LogP) is 5.89. The molecule has 1 aromatic heterocycles. The molecule has 0 N–H and O–H groups in total. The van der Waals surface area contributed by atoms with Crippen LogP contribution in [-0.4, -0.2) is 84.9 Å². The Morgan fingerprint density at radius 3 is 2.48 bits per heavy atom. The van der Waals surface area contributed by atoms with E-state index in [-0.39, 0.29) is 29.2 Å². The second-order valence-corrected chi connectivity index (χ2v) is 11.4. The molecule has 0 aliphatic carbocycles. The zero-order valence-electron chi connectivity index (χ0n) is 22.4. The number of furan rings is 1. The fourth-order valence-corrected chi connectivity index (χ4v) is 6.00. The summed E-state index contributed by atoms with van der Waals surface area (Å²) < 4.78 is 17.0. The number of likely N-dealkylation sites (N-methyl/N-ethyl adjacent to an activating group) is 1. The maximum absolute atomic E-state index is 13.1. The molecule has 3 heterocycles. The van der Waals surface area contributed by atoms with Gasteiger partial charge >= 0.3 is 5.24 Å². The Kier molecular flexibility index (Phi) is 9.65. The van der Waals surface area contributed by atoms with Crippen molar-refractivity contribution in [3.63, 3.8) is 0 Å². The number of amides is 1. The molecule has 0 radical (unpaired) electrons. The SMILES string of the molecule is CN(CC(CCN1CCN(C(c2ccco2)C2COC(=S)O2)CC1)c1ccc(Cl)c(Cl)c1)C(=O)c1ccccc1. The number of carbonyl (C=O) groups excluding carboxylic acids is 1. The van der Waals surface area contributed by atoms with Gasteiger partial charge in [0.05, 0.1) is 16.3 Å². The molecule has 2 aromatic carbocycles. The van der Waals surface area contributed by atoms with Gasteiger partial charge < -0.3 is 23.7 Å². The molecule has 1 amide bonds. The number of piperazine rings is 1. The fourth-order valence-electron chi connectivity index (χ4n) is 5.50. The average Bonchev–Trinajstić information content (AvgIpc) is 3.66. The Bertz CT molecular complexity index is 1290. The van der Waals surface area contributed by atoms with Crippen molar-refractivity contribution in [1.29, 1.82) is 0 Å². The summed E-state index contributed by atoms with van der Waals surface area (Å²) in [6.45, 7) is 5.43. The van der Waals surface area contributed by atoms with Gasteiger partial charge in [-0.3, -0.25) is 9.69 Å². The topological polar surface area (TPSA) is 58.4 Å². The first kappa shape index (κ1) is 28.9. The molecule has 40 heavy (non-hydrogen) atoms. The molecule has 0 bridgehead atoms. The van der Waals surface area contributed by atoms with Gasteiger partial charge in [-0.25, -0.2) is 0 Å². The standard InChI is InChI=1S/C30H33Cl2N3O4S/c1-33(29(36)21-6-3-2-4-7-21)19-23(22-9-10-24(31)25(32)18-22)11-12-34-13-15-35(16-14-34)28(26-8-5-17-37-26)27-20-38-30(40)39-27/h2-10,17-18,23,27-28H,11-16,19-20H2,1H3. The van der Waals surface area contributed by atoms with E-state index >= 15 is 0 Å². The first-order chi connectivity index (χ1) is 19.4. The van der Waals surface area contributed by atoms with E-state index in [0.29, 0.717) is 28.8 Å². The molecule has 3 atom stereocenters. The average molecular weight is 603 g/mol. The summed E-state index contributed by atoms with van der Waals surface area (Å²) in [6.07, 6.45) is 2.37. The molecule has 212 valence electrons. The maximum Gasteiger partial charge on any atom is 0.352 e. The van der Waals surface area contributed by atoms with Gasteiger partial charge in [-0.05, 0) is 54.9 Å². The Balaban J connectivity index is 1.22. The van der Waals surface area contributed by atoms with Crippen LogP contribution in [0.5, 0.6) is 0 Å². The van der Waals surface area contributed by atoms with Crippen molar-refractivity contribution in [1.82, 2.24) is 14.7 Å². The van der Waals surface area contributed by atoms with Crippen molar-refractivity contribution in [2.24, 2.45) is 0 Å². The number of rotatable bonds is 10. The Morgan fingerprint density at radius 1 is 1.05 bits per heavy atom. The molecule has 7 nitrogen and oxygen atoms in total. The van der Waals surface area contributed by atoms with Gasteiger partial charge in [0.25, 0.3) is 5.91 Å². The van der Waals surface area contributed by atoms with E-state index in [4.69, 9.17) is 49.3 Å². The third kappa shape index (κ3) is 6.98. The fraction of sp³-hybridized carbons (Fsp3) is 0.400. The van der Waals surface area contributed by atoms with E-state index in [2.05, 4.69) is 9.80 Å². The molecule has 5 rings (SSSR count). The molecule has 10 heteroatoms. The lowest BCUT2D eigenvalue weighted by Gasteiger charge is -2.40. The van der Waals surface area contributed by atoms with Crippen LogP contribution in [0.2, 0.25) is 10.0 Å². The first-order valence-electron chi connectivity index (χ1n) is 13.5. The zero-order valence-corrected chi connectivity index (χ0v) is 24.7. The minimum Gasteiger partial charge on any atom is -0.468 e. The smallest absolute Gasteiger partial charge is 0.352 e. The van der Waals surface area contributed by atoms with E-state index in [1.807, 2.05) is 67.7 Å². The lowest BCUT2D eigenvalue weighted by atomic mass is 9.94. The lowest BCUT2D eigenvalue weighted by Crippen LogP contribution is -2.50. The summed E-state index contributed by atoms with van der Waals surface area (Å²) in [5.74, 6) is 0.963. The van der Waals surface area contributed by atoms with Crippen LogP contribution >= 0.6 is 35.4 Å². The van der Waals surface area contributed by atoms with Gasteiger partial charge in [0.2, 0.25) is 0 Å². The van der Waals surface area contributed by atoms with Crippen LogP contribution in [0.25, 0.3) is 0 Å². The van der Waals surface area contributed by atoms with Gasteiger partial charge in [-0.1, -0.05) is 47.5 Å². The second kappa shape index (κ2) is 13.4. The molecule has 3 aromatic rings. The largest absolute Gasteiger partial charge is 0.468 e. The molecule has 0 spiro atoms. The van der Waals surface area contributed by atoms with E-state index in [0.717, 1.165) is 50.5 Å². The summed E-state index contributed by atoms with van der Waals surface area (Å²) in [7, 11) is 1.86. The molecular formula is C30H33Cl2N3O4S. The molecule has 0 saturated carbocycles. The maximum atomic E-state index is 13.1. The van der Waals surface area contributed by atoms with E-state index in [1.165, 1.54) is 0 Å². The molecule has 3 unspecified atom stereocenters.